The molecule has 1 heterocycles. The summed E-state index contributed by atoms with van der Waals surface area (Å²) in [5, 5.41) is 19.7. The van der Waals surface area contributed by atoms with Crippen LogP contribution in [0.4, 0.5) is 10.5 Å². The first kappa shape index (κ1) is 18.0. The standard InChI is InChI=1S/C17H19N5O3/c1-11(2)24-16-12(10-18)9-15(20-21-16)25-14-7-5-13(6-8-14)19-17(23)22(3)4/h5-9,11H,1-4H3,(H,19,23). The van der Waals surface area contributed by atoms with Crippen molar-refractivity contribution >= 4 is 11.7 Å². The molecule has 0 radical (unpaired) electrons. The average molecular weight is 341 g/mol. The van der Waals surface area contributed by atoms with Crippen LogP contribution in [0, 0.1) is 11.3 Å². The fourth-order valence-electron chi connectivity index (χ4n) is 1.77. The number of rotatable bonds is 5. The minimum Gasteiger partial charge on any atom is -0.473 e. The fourth-order valence-corrected chi connectivity index (χ4v) is 1.77. The van der Waals surface area contributed by atoms with Crippen LogP contribution in [0.5, 0.6) is 17.5 Å². The molecular weight excluding hydrogens is 322 g/mol. The third kappa shape index (κ3) is 5.07. The number of urea groups is 1. The molecule has 2 aromatic rings. The van der Waals surface area contributed by atoms with Crippen molar-refractivity contribution in [2.24, 2.45) is 0 Å². The van der Waals surface area contributed by atoms with E-state index in [0.717, 1.165) is 0 Å². The number of benzene rings is 1. The first-order valence-corrected chi connectivity index (χ1v) is 7.59. The summed E-state index contributed by atoms with van der Waals surface area (Å²) in [5.41, 5.74) is 0.879. The van der Waals surface area contributed by atoms with Crippen LogP contribution in [0.1, 0.15) is 19.4 Å². The van der Waals surface area contributed by atoms with E-state index >= 15 is 0 Å². The summed E-state index contributed by atoms with van der Waals surface area (Å²) >= 11 is 0. The van der Waals surface area contributed by atoms with Gasteiger partial charge in [0.15, 0.2) is 0 Å². The van der Waals surface area contributed by atoms with Crippen LogP contribution in [0.15, 0.2) is 30.3 Å². The van der Waals surface area contributed by atoms with E-state index < -0.39 is 0 Å². The van der Waals surface area contributed by atoms with Crippen molar-refractivity contribution in [1.82, 2.24) is 15.1 Å². The average Bonchev–Trinajstić information content (AvgIpc) is 2.57. The van der Waals surface area contributed by atoms with Crippen molar-refractivity contribution in [3.05, 3.63) is 35.9 Å². The van der Waals surface area contributed by atoms with Crippen LogP contribution in [-0.4, -0.2) is 41.3 Å². The van der Waals surface area contributed by atoms with E-state index in [2.05, 4.69) is 15.5 Å². The van der Waals surface area contributed by atoms with Crippen molar-refractivity contribution in [3.63, 3.8) is 0 Å². The molecule has 2 amide bonds. The lowest BCUT2D eigenvalue weighted by molar-refractivity contribution is 0.228. The molecule has 8 nitrogen and oxygen atoms in total. The third-order valence-corrected chi connectivity index (χ3v) is 2.94. The van der Waals surface area contributed by atoms with Gasteiger partial charge in [-0.15, -0.1) is 10.2 Å². The first-order valence-electron chi connectivity index (χ1n) is 7.59. The molecule has 0 spiro atoms. The van der Waals surface area contributed by atoms with Crippen LogP contribution >= 0.6 is 0 Å². The highest BCUT2D eigenvalue weighted by Crippen LogP contribution is 2.24. The number of ether oxygens (including phenoxy) is 2. The molecule has 1 aromatic heterocycles. The molecule has 0 saturated heterocycles. The number of amides is 2. The second-order valence-corrected chi connectivity index (χ2v) is 5.63. The lowest BCUT2D eigenvalue weighted by atomic mass is 10.3. The summed E-state index contributed by atoms with van der Waals surface area (Å²) in [7, 11) is 3.32. The minimum atomic E-state index is -0.223. The van der Waals surface area contributed by atoms with E-state index in [-0.39, 0.29) is 29.5 Å². The maximum absolute atomic E-state index is 11.6. The molecule has 0 fully saturated rings. The van der Waals surface area contributed by atoms with Gasteiger partial charge in [0, 0.05) is 25.8 Å². The zero-order valence-corrected chi connectivity index (χ0v) is 14.5. The topological polar surface area (TPSA) is 100 Å². The number of hydrogen-bond acceptors (Lipinski definition) is 6. The van der Waals surface area contributed by atoms with E-state index in [9.17, 15) is 10.1 Å². The summed E-state index contributed by atoms with van der Waals surface area (Å²) in [5.74, 6) is 0.850. The first-order chi connectivity index (χ1) is 11.9. The highest BCUT2D eigenvalue weighted by molar-refractivity contribution is 5.88. The second kappa shape index (κ2) is 7.97. The van der Waals surface area contributed by atoms with Crippen molar-refractivity contribution < 1.29 is 14.3 Å². The number of aromatic nitrogens is 2. The van der Waals surface area contributed by atoms with Gasteiger partial charge < -0.3 is 19.7 Å². The highest BCUT2D eigenvalue weighted by Gasteiger charge is 2.11. The maximum Gasteiger partial charge on any atom is 0.321 e. The molecule has 0 aliphatic carbocycles. The Bertz CT molecular complexity index is 782. The smallest absolute Gasteiger partial charge is 0.321 e. The predicted octanol–water partition coefficient (Wildman–Crippen LogP) is 3.02. The molecule has 130 valence electrons. The van der Waals surface area contributed by atoms with Gasteiger partial charge >= 0.3 is 6.03 Å². The molecule has 0 aliphatic heterocycles. The Morgan fingerprint density at radius 1 is 1.24 bits per heavy atom. The summed E-state index contributed by atoms with van der Waals surface area (Å²) in [4.78, 5) is 13.0. The monoisotopic (exact) mass is 341 g/mol. The lowest BCUT2D eigenvalue weighted by Gasteiger charge is -2.12. The van der Waals surface area contributed by atoms with Gasteiger partial charge in [-0.05, 0) is 38.1 Å². The molecule has 0 saturated carbocycles. The van der Waals surface area contributed by atoms with E-state index in [1.54, 1.807) is 38.4 Å². The molecule has 0 atom stereocenters. The van der Waals surface area contributed by atoms with Gasteiger partial charge in [-0.2, -0.15) is 5.26 Å². The Balaban J connectivity index is 2.09. The van der Waals surface area contributed by atoms with Crippen LogP contribution in [0.25, 0.3) is 0 Å². The molecule has 25 heavy (non-hydrogen) atoms. The number of nitrogens with zero attached hydrogens (tertiary/aromatic N) is 4. The van der Waals surface area contributed by atoms with E-state index in [4.69, 9.17) is 9.47 Å². The molecule has 0 bridgehead atoms. The Morgan fingerprint density at radius 3 is 2.48 bits per heavy atom. The molecular formula is C17H19N5O3. The van der Waals surface area contributed by atoms with Gasteiger partial charge in [0.2, 0.25) is 5.88 Å². The molecule has 2 rings (SSSR count). The quantitative estimate of drug-likeness (QED) is 0.897. The van der Waals surface area contributed by atoms with Gasteiger partial charge in [-0.25, -0.2) is 4.79 Å². The van der Waals surface area contributed by atoms with Crippen molar-refractivity contribution in [2.75, 3.05) is 19.4 Å². The SMILES string of the molecule is CC(C)Oc1nnc(Oc2ccc(NC(=O)N(C)C)cc2)cc1C#N. The largest absolute Gasteiger partial charge is 0.473 e. The normalized spacial score (nSPS) is 10.1. The highest BCUT2D eigenvalue weighted by atomic mass is 16.5. The Labute approximate surface area is 146 Å². The number of carbonyl (C=O) groups excluding carboxylic acids is 1. The van der Waals surface area contributed by atoms with Crippen LogP contribution in [0.3, 0.4) is 0 Å². The van der Waals surface area contributed by atoms with Gasteiger partial charge in [0.05, 0.1) is 6.10 Å². The maximum atomic E-state index is 11.6. The van der Waals surface area contributed by atoms with Gasteiger partial charge in [-0.3, -0.25) is 0 Å². The molecule has 0 aliphatic rings. The third-order valence-electron chi connectivity index (χ3n) is 2.94. The Hall–Kier alpha value is -3.34. The fraction of sp³-hybridized carbons (Fsp3) is 0.294. The van der Waals surface area contributed by atoms with Crippen LogP contribution in [-0.2, 0) is 0 Å². The van der Waals surface area contributed by atoms with Crippen LogP contribution < -0.4 is 14.8 Å². The van der Waals surface area contributed by atoms with Crippen LogP contribution in [0.2, 0.25) is 0 Å². The summed E-state index contributed by atoms with van der Waals surface area (Å²) in [6, 6.07) is 10.0. The van der Waals surface area contributed by atoms with Crippen molar-refractivity contribution in [3.8, 4) is 23.6 Å². The molecule has 1 aromatic carbocycles. The van der Waals surface area contributed by atoms with E-state index in [1.807, 2.05) is 19.9 Å². The lowest BCUT2D eigenvalue weighted by Crippen LogP contribution is -2.27. The van der Waals surface area contributed by atoms with Crippen molar-refractivity contribution in [2.45, 2.75) is 20.0 Å². The van der Waals surface area contributed by atoms with E-state index in [0.29, 0.717) is 11.4 Å². The summed E-state index contributed by atoms with van der Waals surface area (Å²) in [6.07, 6.45) is -0.113. The number of carbonyl (C=O) groups is 1. The summed E-state index contributed by atoms with van der Waals surface area (Å²) < 4.78 is 11.0. The molecule has 8 heteroatoms. The zero-order valence-electron chi connectivity index (χ0n) is 14.5. The number of anilines is 1. The summed E-state index contributed by atoms with van der Waals surface area (Å²) in [6.45, 7) is 3.67. The van der Waals surface area contributed by atoms with Gasteiger partial charge in [-0.1, -0.05) is 0 Å². The number of nitrogens with one attached hydrogen (secondary N) is 1. The van der Waals surface area contributed by atoms with Gasteiger partial charge in [0.25, 0.3) is 5.88 Å². The number of hydrogen-bond donors (Lipinski definition) is 1. The predicted molar refractivity (Wildman–Crippen MR) is 91.7 cm³/mol. The van der Waals surface area contributed by atoms with Crippen molar-refractivity contribution in [1.29, 1.82) is 5.26 Å². The van der Waals surface area contributed by atoms with Gasteiger partial charge in [0.1, 0.15) is 17.4 Å². The Morgan fingerprint density at radius 2 is 1.92 bits per heavy atom. The zero-order chi connectivity index (χ0) is 18.4. The Kier molecular flexibility index (Phi) is 5.74. The molecule has 1 N–H and O–H groups in total. The minimum absolute atomic E-state index is 0.113. The second-order valence-electron chi connectivity index (χ2n) is 5.63. The van der Waals surface area contributed by atoms with E-state index in [1.165, 1.54) is 11.0 Å². The number of nitriles is 1. The molecule has 0 unspecified atom stereocenters.